The first-order valence-corrected chi connectivity index (χ1v) is 6.19. The molecule has 1 fully saturated rings. The Balaban J connectivity index is 2.12. The third kappa shape index (κ3) is 5.50. The van der Waals surface area contributed by atoms with Crippen LogP contribution in [0.4, 0.5) is 0 Å². The third-order valence-electron chi connectivity index (χ3n) is 2.87. The molecular formula is C12H25NO2. The van der Waals surface area contributed by atoms with E-state index in [-0.39, 0.29) is 18.2 Å². The first kappa shape index (κ1) is 12.9. The zero-order valence-electron chi connectivity index (χ0n) is 10.1. The van der Waals surface area contributed by atoms with Crippen molar-refractivity contribution >= 4 is 0 Å². The first-order valence-electron chi connectivity index (χ1n) is 6.19. The van der Waals surface area contributed by atoms with Crippen LogP contribution < -0.4 is 5.73 Å². The summed E-state index contributed by atoms with van der Waals surface area (Å²) < 4.78 is 11.2. The maximum Gasteiger partial charge on any atom is 0.0727 e. The molecule has 1 aliphatic rings. The average Bonchev–Trinajstić information content (AvgIpc) is 2.38. The third-order valence-corrected chi connectivity index (χ3v) is 2.87. The van der Waals surface area contributed by atoms with E-state index in [1.165, 1.54) is 19.3 Å². The van der Waals surface area contributed by atoms with E-state index >= 15 is 0 Å². The van der Waals surface area contributed by atoms with Crippen molar-refractivity contribution in [2.45, 2.75) is 64.2 Å². The highest BCUT2D eigenvalue weighted by Crippen LogP contribution is 2.19. The molecular weight excluding hydrogens is 190 g/mol. The van der Waals surface area contributed by atoms with Gasteiger partial charge in [-0.3, -0.25) is 0 Å². The highest BCUT2D eigenvalue weighted by Gasteiger charge is 2.20. The average molecular weight is 215 g/mol. The Bertz CT molecular complexity index is 162. The molecule has 2 unspecified atom stereocenters. The monoisotopic (exact) mass is 215 g/mol. The standard InChI is InChI=1S/C12H25NO2/c1-10(2)14-8-9-15-12-7-5-3-4-6-11(12)13/h10-12H,3-9,13H2,1-2H3. The van der Waals surface area contributed by atoms with E-state index in [1.54, 1.807) is 0 Å². The van der Waals surface area contributed by atoms with Crippen LogP contribution in [0, 0.1) is 0 Å². The Morgan fingerprint density at radius 1 is 1.13 bits per heavy atom. The molecule has 15 heavy (non-hydrogen) atoms. The molecule has 1 saturated carbocycles. The second-order valence-electron chi connectivity index (χ2n) is 4.63. The van der Waals surface area contributed by atoms with Gasteiger partial charge in [0.2, 0.25) is 0 Å². The number of hydrogen-bond donors (Lipinski definition) is 1. The predicted octanol–water partition coefficient (Wildman–Crippen LogP) is 2.09. The lowest BCUT2D eigenvalue weighted by Gasteiger charge is -2.22. The van der Waals surface area contributed by atoms with E-state index in [0.717, 1.165) is 12.8 Å². The van der Waals surface area contributed by atoms with Gasteiger partial charge in [0.05, 0.1) is 25.4 Å². The molecule has 0 heterocycles. The molecule has 90 valence electrons. The normalized spacial score (nSPS) is 28.0. The first-order chi connectivity index (χ1) is 7.20. The highest BCUT2D eigenvalue weighted by atomic mass is 16.5. The van der Waals surface area contributed by atoms with Crippen LogP contribution in [-0.4, -0.2) is 31.5 Å². The molecule has 2 atom stereocenters. The largest absolute Gasteiger partial charge is 0.376 e. The lowest BCUT2D eigenvalue weighted by molar-refractivity contribution is -0.0228. The molecule has 3 heteroatoms. The van der Waals surface area contributed by atoms with Crippen LogP contribution in [0.5, 0.6) is 0 Å². The van der Waals surface area contributed by atoms with Crippen LogP contribution in [0.3, 0.4) is 0 Å². The molecule has 3 nitrogen and oxygen atoms in total. The SMILES string of the molecule is CC(C)OCCOC1CCCCCC1N. The molecule has 0 bridgehead atoms. The van der Waals surface area contributed by atoms with Gasteiger partial charge >= 0.3 is 0 Å². The van der Waals surface area contributed by atoms with E-state index < -0.39 is 0 Å². The minimum absolute atomic E-state index is 0.228. The lowest BCUT2D eigenvalue weighted by Crippen LogP contribution is -2.36. The fourth-order valence-corrected chi connectivity index (χ4v) is 1.99. The molecule has 0 radical (unpaired) electrons. The van der Waals surface area contributed by atoms with Crippen molar-refractivity contribution in [3.05, 3.63) is 0 Å². The lowest BCUT2D eigenvalue weighted by atomic mass is 10.1. The summed E-state index contributed by atoms with van der Waals surface area (Å²) in [6.45, 7) is 5.44. The van der Waals surface area contributed by atoms with Gasteiger partial charge in [0.15, 0.2) is 0 Å². The van der Waals surface area contributed by atoms with Gasteiger partial charge in [0.1, 0.15) is 0 Å². The van der Waals surface area contributed by atoms with Crippen LogP contribution in [0.25, 0.3) is 0 Å². The molecule has 0 amide bonds. The molecule has 1 aliphatic carbocycles. The van der Waals surface area contributed by atoms with Gasteiger partial charge in [0.25, 0.3) is 0 Å². The number of hydrogen-bond acceptors (Lipinski definition) is 3. The molecule has 1 rings (SSSR count). The van der Waals surface area contributed by atoms with Crippen molar-refractivity contribution in [1.82, 2.24) is 0 Å². The Kier molecular flexibility index (Phi) is 6.22. The summed E-state index contributed by atoms with van der Waals surface area (Å²) in [5.41, 5.74) is 6.06. The summed E-state index contributed by atoms with van der Waals surface area (Å²) in [6, 6.07) is 0.228. The summed E-state index contributed by atoms with van der Waals surface area (Å²) in [5, 5.41) is 0. The minimum Gasteiger partial charge on any atom is -0.376 e. The van der Waals surface area contributed by atoms with Gasteiger partial charge in [-0.25, -0.2) is 0 Å². The van der Waals surface area contributed by atoms with Gasteiger partial charge < -0.3 is 15.2 Å². The molecule has 2 N–H and O–H groups in total. The van der Waals surface area contributed by atoms with E-state index in [0.29, 0.717) is 13.2 Å². The fourth-order valence-electron chi connectivity index (χ4n) is 1.99. The number of ether oxygens (including phenoxy) is 2. The Morgan fingerprint density at radius 2 is 1.87 bits per heavy atom. The zero-order chi connectivity index (χ0) is 11.1. The van der Waals surface area contributed by atoms with E-state index in [2.05, 4.69) is 0 Å². The minimum atomic E-state index is 0.228. The number of rotatable bonds is 5. The molecule has 0 saturated heterocycles. The van der Waals surface area contributed by atoms with Crippen LogP contribution in [0.2, 0.25) is 0 Å². The van der Waals surface area contributed by atoms with Crippen LogP contribution in [-0.2, 0) is 9.47 Å². The summed E-state index contributed by atoms with van der Waals surface area (Å²) in [5.74, 6) is 0. The van der Waals surface area contributed by atoms with E-state index in [9.17, 15) is 0 Å². The predicted molar refractivity (Wildman–Crippen MR) is 61.9 cm³/mol. The van der Waals surface area contributed by atoms with Crippen molar-refractivity contribution in [2.75, 3.05) is 13.2 Å². The van der Waals surface area contributed by atoms with Crippen LogP contribution >= 0.6 is 0 Å². The Labute approximate surface area is 93.3 Å². The van der Waals surface area contributed by atoms with Gasteiger partial charge in [-0.05, 0) is 26.7 Å². The quantitative estimate of drug-likeness (QED) is 0.564. The molecule has 0 spiro atoms. The zero-order valence-corrected chi connectivity index (χ0v) is 10.1. The summed E-state index contributed by atoms with van der Waals surface area (Å²) in [6.07, 6.45) is 6.57. The molecule has 0 aromatic heterocycles. The molecule has 0 aromatic rings. The highest BCUT2D eigenvalue weighted by molar-refractivity contribution is 4.76. The van der Waals surface area contributed by atoms with E-state index in [4.69, 9.17) is 15.2 Å². The second-order valence-corrected chi connectivity index (χ2v) is 4.63. The van der Waals surface area contributed by atoms with Gasteiger partial charge in [-0.1, -0.05) is 19.3 Å². The summed E-state index contributed by atoms with van der Waals surface area (Å²) >= 11 is 0. The van der Waals surface area contributed by atoms with Crippen LogP contribution in [0.1, 0.15) is 46.0 Å². The number of nitrogens with two attached hydrogens (primary N) is 1. The van der Waals surface area contributed by atoms with Gasteiger partial charge in [0, 0.05) is 6.04 Å². The van der Waals surface area contributed by atoms with Crippen molar-refractivity contribution in [2.24, 2.45) is 5.73 Å². The molecule has 0 aliphatic heterocycles. The Morgan fingerprint density at radius 3 is 2.60 bits per heavy atom. The van der Waals surface area contributed by atoms with Crippen LogP contribution in [0.15, 0.2) is 0 Å². The van der Waals surface area contributed by atoms with Crippen molar-refractivity contribution in [1.29, 1.82) is 0 Å². The van der Waals surface area contributed by atoms with E-state index in [1.807, 2.05) is 13.8 Å². The summed E-state index contributed by atoms with van der Waals surface area (Å²) in [7, 11) is 0. The van der Waals surface area contributed by atoms with Crippen molar-refractivity contribution in [3.8, 4) is 0 Å². The van der Waals surface area contributed by atoms with Gasteiger partial charge in [-0.2, -0.15) is 0 Å². The summed E-state index contributed by atoms with van der Waals surface area (Å²) in [4.78, 5) is 0. The maximum atomic E-state index is 6.06. The smallest absolute Gasteiger partial charge is 0.0727 e. The second kappa shape index (κ2) is 7.20. The van der Waals surface area contributed by atoms with Crippen molar-refractivity contribution < 1.29 is 9.47 Å². The molecule has 0 aromatic carbocycles. The fraction of sp³-hybridized carbons (Fsp3) is 1.00. The Hall–Kier alpha value is -0.120. The van der Waals surface area contributed by atoms with Crippen molar-refractivity contribution in [3.63, 3.8) is 0 Å². The maximum absolute atomic E-state index is 6.06. The topological polar surface area (TPSA) is 44.5 Å². The van der Waals surface area contributed by atoms with Gasteiger partial charge in [-0.15, -0.1) is 0 Å².